The highest BCUT2D eigenvalue weighted by atomic mass is 35.5. The molecule has 7 heteroatoms. The van der Waals surface area contributed by atoms with Gasteiger partial charge in [0.25, 0.3) is 11.8 Å². The van der Waals surface area contributed by atoms with Gasteiger partial charge in [0.2, 0.25) is 0 Å². The van der Waals surface area contributed by atoms with Crippen molar-refractivity contribution in [3.8, 4) is 5.75 Å². The number of benzene rings is 4. The quantitative estimate of drug-likeness (QED) is 0.164. The zero-order valence-electron chi connectivity index (χ0n) is 21.8. The third kappa shape index (κ3) is 7.79. The van der Waals surface area contributed by atoms with Crippen molar-refractivity contribution >= 4 is 47.0 Å². The monoisotopic (exact) mass is 550 g/mol. The molecule has 0 atom stereocenters. The zero-order chi connectivity index (χ0) is 28.3. The van der Waals surface area contributed by atoms with Crippen molar-refractivity contribution in [1.82, 2.24) is 5.32 Å². The number of halogens is 1. The van der Waals surface area contributed by atoms with Gasteiger partial charge in [0.1, 0.15) is 11.4 Å². The van der Waals surface area contributed by atoms with E-state index in [0.717, 1.165) is 5.56 Å². The smallest absolute Gasteiger partial charge is 0.272 e. The average Bonchev–Trinajstić information content (AvgIpc) is 2.97. The molecule has 0 aromatic heterocycles. The van der Waals surface area contributed by atoms with E-state index in [0.29, 0.717) is 39.8 Å². The average molecular weight is 551 g/mol. The first-order valence-electron chi connectivity index (χ1n) is 12.6. The summed E-state index contributed by atoms with van der Waals surface area (Å²) in [6.45, 7) is 2.31. The Morgan fingerprint density at radius 1 is 0.825 bits per heavy atom. The number of ketones is 1. The molecule has 0 radical (unpaired) electrons. The maximum atomic E-state index is 13.3. The van der Waals surface area contributed by atoms with Crippen LogP contribution in [0.3, 0.4) is 0 Å². The Morgan fingerprint density at radius 3 is 2.27 bits per heavy atom. The van der Waals surface area contributed by atoms with E-state index in [1.807, 2.05) is 31.2 Å². The van der Waals surface area contributed by atoms with Gasteiger partial charge in [0, 0.05) is 27.4 Å². The van der Waals surface area contributed by atoms with E-state index in [1.165, 1.54) is 6.08 Å². The zero-order valence-corrected chi connectivity index (χ0v) is 22.5. The van der Waals surface area contributed by atoms with E-state index in [1.54, 1.807) is 91.0 Å². The number of nitrogens with one attached hydrogen (secondary N) is 2. The van der Waals surface area contributed by atoms with Crippen LogP contribution >= 0.6 is 11.6 Å². The van der Waals surface area contributed by atoms with Gasteiger partial charge < -0.3 is 15.4 Å². The first kappa shape index (κ1) is 28.1. The molecule has 6 nitrogen and oxygen atoms in total. The van der Waals surface area contributed by atoms with Crippen molar-refractivity contribution in [3.63, 3.8) is 0 Å². The second-order valence-corrected chi connectivity index (χ2v) is 9.07. The second kappa shape index (κ2) is 13.7. The van der Waals surface area contributed by atoms with E-state index >= 15 is 0 Å². The fraction of sp³-hybridized carbons (Fsp3) is 0.0606. The van der Waals surface area contributed by atoms with Gasteiger partial charge >= 0.3 is 0 Å². The number of anilines is 1. The summed E-state index contributed by atoms with van der Waals surface area (Å²) in [5, 5.41) is 6.10. The van der Waals surface area contributed by atoms with Crippen LogP contribution in [0.2, 0.25) is 5.02 Å². The molecule has 0 spiro atoms. The summed E-state index contributed by atoms with van der Waals surface area (Å²) >= 11 is 6.00. The Balaban J connectivity index is 1.53. The minimum atomic E-state index is -0.532. The topological polar surface area (TPSA) is 84.5 Å². The molecule has 0 bridgehead atoms. The Labute approximate surface area is 238 Å². The number of hydrogen-bond donors (Lipinski definition) is 2. The molecule has 0 unspecified atom stereocenters. The van der Waals surface area contributed by atoms with Crippen molar-refractivity contribution in [1.29, 1.82) is 0 Å². The Hall–Kier alpha value is -4.94. The number of amides is 2. The maximum Gasteiger partial charge on any atom is 0.272 e. The van der Waals surface area contributed by atoms with E-state index in [-0.39, 0.29) is 11.5 Å². The molecule has 0 aliphatic heterocycles. The number of carbonyl (C=O) groups is 3. The largest absolute Gasteiger partial charge is 0.493 e. The molecule has 4 aromatic carbocycles. The third-order valence-corrected chi connectivity index (χ3v) is 5.99. The van der Waals surface area contributed by atoms with Crippen molar-refractivity contribution in [3.05, 3.63) is 142 Å². The van der Waals surface area contributed by atoms with E-state index in [2.05, 4.69) is 10.6 Å². The molecule has 0 fully saturated rings. The number of hydrogen-bond acceptors (Lipinski definition) is 4. The van der Waals surface area contributed by atoms with Crippen LogP contribution < -0.4 is 15.4 Å². The Morgan fingerprint density at radius 2 is 1.55 bits per heavy atom. The lowest BCUT2D eigenvalue weighted by Crippen LogP contribution is -2.30. The molecular weight excluding hydrogens is 524 g/mol. The van der Waals surface area contributed by atoms with Gasteiger partial charge in [-0.2, -0.15) is 0 Å². The van der Waals surface area contributed by atoms with E-state index in [9.17, 15) is 14.4 Å². The molecule has 4 rings (SSSR count). The number of para-hydroxylation sites is 1. The highest BCUT2D eigenvalue weighted by molar-refractivity contribution is 6.30. The second-order valence-electron chi connectivity index (χ2n) is 8.63. The first-order chi connectivity index (χ1) is 19.4. The van der Waals surface area contributed by atoms with E-state index < -0.39 is 11.8 Å². The maximum absolute atomic E-state index is 13.3. The van der Waals surface area contributed by atoms with Gasteiger partial charge in [-0.3, -0.25) is 14.4 Å². The molecule has 2 amide bonds. The Kier molecular flexibility index (Phi) is 9.64. The van der Waals surface area contributed by atoms with Crippen LogP contribution in [0.25, 0.3) is 12.2 Å². The predicted molar refractivity (Wildman–Crippen MR) is 159 cm³/mol. The Bertz CT molecular complexity index is 1560. The van der Waals surface area contributed by atoms with Crippen LogP contribution in [0.15, 0.2) is 115 Å². The van der Waals surface area contributed by atoms with Crippen LogP contribution in [0, 0.1) is 0 Å². The summed E-state index contributed by atoms with van der Waals surface area (Å²) < 4.78 is 5.68. The molecule has 0 heterocycles. The molecular formula is C33H27ClN2O4. The van der Waals surface area contributed by atoms with Crippen molar-refractivity contribution in [2.24, 2.45) is 0 Å². The summed E-state index contributed by atoms with van der Waals surface area (Å²) in [4.78, 5) is 38.8. The van der Waals surface area contributed by atoms with E-state index in [4.69, 9.17) is 16.3 Å². The van der Waals surface area contributed by atoms with Crippen LogP contribution in [0.1, 0.15) is 38.8 Å². The van der Waals surface area contributed by atoms with Crippen LogP contribution in [-0.4, -0.2) is 24.2 Å². The standard InChI is InChI=1S/C33H27ClN2O4/c1-2-40-31-14-7-6-12-26(31)22-29(36-32(38)25-10-4-3-5-11-25)33(39)35-28-18-16-24(17-19-28)30(37)20-15-23-9-8-13-27(34)21-23/h3-22H,2H2,1H3,(H,35,39)(H,36,38)/b20-15+,29-22-. The minimum Gasteiger partial charge on any atom is -0.493 e. The highest BCUT2D eigenvalue weighted by Crippen LogP contribution is 2.22. The van der Waals surface area contributed by atoms with Gasteiger partial charge in [-0.25, -0.2) is 0 Å². The lowest BCUT2D eigenvalue weighted by molar-refractivity contribution is -0.113. The van der Waals surface area contributed by atoms with Gasteiger partial charge in [-0.15, -0.1) is 0 Å². The van der Waals surface area contributed by atoms with Crippen LogP contribution in [0.5, 0.6) is 5.75 Å². The number of carbonyl (C=O) groups excluding carboxylic acids is 3. The lowest BCUT2D eigenvalue weighted by Gasteiger charge is -2.13. The summed E-state index contributed by atoms with van der Waals surface area (Å²) in [7, 11) is 0. The molecule has 0 saturated carbocycles. The molecule has 4 aromatic rings. The van der Waals surface area contributed by atoms with Crippen LogP contribution in [0.4, 0.5) is 5.69 Å². The third-order valence-electron chi connectivity index (χ3n) is 5.75. The molecule has 40 heavy (non-hydrogen) atoms. The SMILES string of the molecule is CCOc1ccccc1/C=C(\NC(=O)c1ccccc1)C(=O)Nc1ccc(C(=O)/C=C/c2cccc(Cl)c2)cc1. The first-order valence-corrected chi connectivity index (χ1v) is 13.0. The predicted octanol–water partition coefficient (Wildman–Crippen LogP) is 7.04. The number of ether oxygens (including phenoxy) is 1. The highest BCUT2D eigenvalue weighted by Gasteiger charge is 2.16. The number of allylic oxidation sites excluding steroid dienone is 1. The summed E-state index contributed by atoms with van der Waals surface area (Å²) in [5.41, 5.74) is 2.80. The summed E-state index contributed by atoms with van der Waals surface area (Å²) in [5.74, 6) is -0.571. The fourth-order valence-electron chi connectivity index (χ4n) is 3.78. The van der Waals surface area contributed by atoms with Crippen LogP contribution in [-0.2, 0) is 4.79 Å². The van der Waals surface area contributed by atoms with Gasteiger partial charge in [-0.05, 0) is 79.2 Å². The molecule has 0 aliphatic carbocycles. The molecule has 0 aliphatic rings. The molecule has 200 valence electrons. The summed E-state index contributed by atoms with van der Waals surface area (Å²) in [6, 6.07) is 29.5. The summed E-state index contributed by atoms with van der Waals surface area (Å²) in [6.07, 6.45) is 4.73. The van der Waals surface area contributed by atoms with Gasteiger partial charge in [0.15, 0.2) is 5.78 Å². The molecule has 2 N–H and O–H groups in total. The van der Waals surface area contributed by atoms with Gasteiger partial charge in [-0.1, -0.05) is 66.2 Å². The fourth-order valence-corrected chi connectivity index (χ4v) is 3.98. The lowest BCUT2D eigenvalue weighted by atomic mass is 10.1. The molecule has 0 saturated heterocycles. The van der Waals surface area contributed by atoms with Crippen molar-refractivity contribution < 1.29 is 19.1 Å². The van der Waals surface area contributed by atoms with Crippen molar-refractivity contribution in [2.75, 3.05) is 11.9 Å². The van der Waals surface area contributed by atoms with Crippen molar-refractivity contribution in [2.45, 2.75) is 6.92 Å². The van der Waals surface area contributed by atoms with Gasteiger partial charge in [0.05, 0.1) is 6.61 Å². The minimum absolute atomic E-state index is 0.0330. The normalized spacial score (nSPS) is 11.2. The number of rotatable bonds is 10.